The van der Waals surface area contributed by atoms with E-state index in [1.165, 1.54) is 4.90 Å². The van der Waals surface area contributed by atoms with Crippen molar-refractivity contribution in [2.24, 2.45) is 5.41 Å². The Morgan fingerprint density at radius 1 is 1.24 bits per heavy atom. The third kappa shape index (κ3) is 3.15. The van der Waals surface area contributed by atoms with Crippen LogP contribution in [0.1, 0.15) is 38.5 Å². The molecule has 2 amide bonds. The largest absolute Gasteiger partial charge is 0.465 e. The molecule has 3 aliphatic heterocycles. The molecule has 138 valence electrons. The molecule has 1 aliphatic carbocycles. The van der Waals surface area contributed by atoms with Gasteiger partial charge in [0.05, 0.1) is 12.1 Å². The number of carbonyl (C=O) groups excluding carboxylic acids is 1. The molecule has 1 spiro atoms. The minimum Gasteiger partial charge on any atom is -0.465 e. The SMILES string of the molecule is O=C(O)N1CCC(=O)N2C(CCN3CCC4(CC4)[C@H](O)C3)=CCC2C1. The third-order valence-electron chi connectivity index (χ3n) is 6.51. The second-order valence-electron chi connectivity index (χ2n) is 8.01. The molecule has 0 aromatic rings. The van der Waals surface area contributed by atoms with Crippen LogP contribution in [0.3, 0.4) is 0 Å². The number of aliphatic hydroxyl groups excluding tert-OH is 1. The lowest BCUT2D eigenvalue weighted by Gasteiger charge is -2.37. The van der Waals surface area contributed by atoms with Gasteiger partial charge in [-0.3, -0.25) is 4.79 Å². The summed E-state index contributed by atoms with van der Waals surface area (Å²) in [6, 6.07) is -0.0530. The van der Waals surface area contributed by atoms with Crippen LogP contribution >= 0.6 is 0 Å². The maximum atomic E-state index is 12.5. The van der Waals surface area contributed by atoms with E-state index in [1.807, 2.05) is 4.90 Å². The molecule has 4 rings (SSSR count). The molecule has 2 atom stereocenters. The van der Waals surface area contributed by atoms with Gasteiger partial charge in [0.25, 0.3) is 0 Å². The van der Waals surface area contributed by atoms with Gasteiger partial charge in [-0.25, -0.2) is 4.79 Å². The fourth-order valence-electron chi connectivity index (χ4n) is 4.62. The van der Waals surface area contributed by atoms with Gasteiger partial charge in [-0.2, -0.15) is 0 Å². The summed E-state index contributed by atoms with van der Waals surface area (Å²) in [6.45, 7) is 3.28. The summed E-state index contributed by atoms with van der Waals surface area (Å²) in [5.41, 5.74) is 1.25. The highest BCUT2D eigenvalue weighted by Crippen LogP contribution is 2.53. The minimum atomic E-state index is -0.945. The summed E-state index contributed by atoms with van der Waals surface area (Å²) in [7, 11) is 0. The van der Waals surface area contributed by atoms with Crippen molar-refractivity contribution in [1.82, 2.24) is 14.7 Å². The molecular weight excluding hydrogens is 322 g/mol. The van der Waals surface area contributed by atoms with Crippen LogP contribution in [0, 0.1) is 5.41 Å². The quantitative estimate of drug-likeness (QED) is 0.797. The summed E-state index contributed by atoms with van der Waals surface area (Å²) >= 11 is 0. The highest BCUT2D eigenvalue weighted by molar-refractivity contribution is 5.80. The van der Waals surface area contributed by atoms with E-state index in [0.29, 0.717) is 6.54 Å². The lowest BCUT2D eigenvalue weighted by atomic mass is 9.90. The van der Waals surface area contributed by atoms with Crippen LogP contribution in [0.4, 0.5) is 4.79 Å². The maximum Gasteiger partial charge on any atom is 0.407 e. The topological polar surface area (TPSA) is 84.3 Å². The molecule has 0 aromatic carbocycles. The number of amides is 2. The van der Waals surface area contributed by atoms with Gasteiger partial charge in [0.2, 0.25) is 5.91 Å². The predicted octanol–water partition coefficient (Wildman–Crippen LogP) is 1.09. The lowest BCUT2D eigenvalue weighted by Crippen LogP contribution is -2.46. The number of aliphatic hydroxyl groups is 1. The monoisotopic (exact) mass is 349 g/mol. The highest BCUT2D eigenvalue weighted by atomic mass is 16.4. The molecule has 0 radical (unpaired) electrons. The van der Waals surface area contributed by atoms with Crippen molar-refractivity contribution in [1.29, 1.82) is 0 Å². The van der Waals surface area contributed by atoms with Gasteiger partial charge in [0.15, 0.2) is 0 Å². The summed E-state index contributed by atoms with van der Waals surface area (Å²) in [4.78, 5) is 29.2. The molecule has 2 saturated heterocycles. The Labute approximate surface area is 147 Å². The molecular formula is C18H27N3O4. The molecule has 25 heavy (non-hydrogen) atoms. The molecule has 2 N–H and O–H groups in total. The molecule has 1 unspecified atom stereocenters. The third-order valence-corrected chi connectivity index (χ3v) is 6.51. The zero-order chi connectivity index (χ0) is 17.6. The van der Waals surface area contributed by atoms with Crippen LogP contribution in [-0.2, 0) is 4.79 Å². The number of fused-ring (bicyclic) bond motifs is 1. The van der Waals surface area contributed by atoms with E-state index < -0.39 is 6.09 Å². The molecule has 0 aromatic heterocycles. The van der Waals surface area contributed by atoms with Crippen LogP contribution < -0.4 is 0 Å². The van der Waals surface area contributed by atoms with Crippen molar-refractivity contribution < 1.29 is 19.8 Å². The van der Waals surface area contributed by atoms with Crippen LogP contribution in [0.5, 0.6) is 0 Å². The Balaban J connectivity index is 1.34. The van der Waals surface area contributed by atoms with E-state index in [9.17, 15) is 19.8 Å². The Morgan fingerprint density at radius 2 is 2.04 bits per heavy atom. The number of carboxylic acid groups (broad SMARTS) is 1. The number of hydrogen-bond donors (Lipinski definition) is 2. The zero-order valence-electron chi connectivity index (χ0n) is 14.6. The average molecular weight is 349 g/mol. The number of β-amino-alcohol motifs (C(OH)–C–C–N with tert-alkyl or cyclic N) is 1. The first kappa shape index (κ1) is 16.8. The fourth-order valence-corrected chi connectivity index (χ4v) is 4.62. The molecule has 4 aliphatic rings. The smallest absolute Gasteiger partial charge is 0.407 e. The summed E-state index contributed by atoms with van der Waals surface area (Å²) < 4.78 is 0. The van der Waals surface area contributed by atoms with Crippen molar-refractivity contribution in [2.75, 3.05) is 32.7 Å². The fraction of sp³-hybridized carbons (Fsp3) is 0.778. The highest BCUT2D eigenvalue weighted by Gasteiger charge is 2.51. The van der Waals surface area contributed by atoms with Crippen molar-refractivity contribution in [3.63, 3.8) is 0 Å². The van der Waals surface area contributed by atoms with Crippen molar-refractivity contribution >= 4 is 12.0 Å². The van der Waals surface area contributed by atoms with Gasteiger partial charge in [0.1, 0.15) is 0 Å². The minimum absolute atomic E-state index is 0.0353. The lowest BCUT2D eigenvalue weighted by molar-refractivity contribution is -0.129. The molecule has 3 fully saturated rings. The molecule has 3 heterocycles. The number of piperidine rings is 1. The predicted molar refractivity (Wildman–Crippen MR) is 90.9 cm³/mol. The normalized spacial score (nSPS) is 31.7. The Kier molecular flexibility index (Phi) is 4.24. The average Bonchev–Trinajstić information content (AvgIpc) is 3.28. The van der Waals surface area contributed by atoms with Gasteiger partial charge in [-0.1, -0.05) is 6.08 Å². The van der Waals surface area contributed by atoms with Gasteiger partial charge in [-0.05, 0) is 37.6 Å². The summed E-state index contributed by atoms with van der Waals surface area (Å²) in [5.74, 6) is 0.0353. The van der Waals surface area contributed by atoms with Crippen LogP contribution in [-0.4, -0.2) is 81.8 Å². The maximum absolute atomic E-state index is 12.5. The van der Waals surface area contributed by atoms with E-state index in [1.54, 1.807) is 0 Å². The number of carbonyl (C=O) groups is 2. The summed E-state index contributed by atoms with van der Waals surface area (Å²) in [6.07, 6.45) is 6.11. The Hall–Kier alpha value is -1.60. The number of likely N-dealkylation sites (tertiary alicyclic amines) is 1. The zero-order valence-corrected chi connectivity index (χ0v) is 14.6. The molecule has 0 bridgehead atoms. The van der Waals surface area contributed by atoms with Crippen molar-refractivity contribution in [3.8, 4) is 0 Å². The van der Waals surface area contributed by atoms with E-state index in [4.69, 9.17) is 0 Å². The number of hydrogen-bond acceptors (Lipinski definition) is 4. The van der Waals surface area contributed by atoms with Gasteiger partial charge < -0.3 is 24.9 Å². The van der Waals surface area contributed by atoms with Gasteiger partial charge in [-0.15, -0.1) is 0 Å². The standard InChI is InChI=1S/C18H27N3O4/c22-15-12-19(10-7-18(15)5-6-18)8-3-13-1-2-14-11-20(17(24)25)9-4-16(23)21(13)14/h1,14-15,22H,2-12H2,(H,24,25)/t14?,15-/m1/s1. The van der Waals surface area contributed by atoms with Crippen molar-refractivity contribution in [3.05, 3.63) is 11.8 Å². The first-order valence-electron chi connectivity index (χ1n) is 9.38. The Morgan fingerprint density at radius 3 is 2.72 bits per heavy atom. The molecule has 7 nitrogen and oxygen atoms in total. The first-order chi connectivity index (χ1) is 12.0. The van der Waals surface area contributed by atoms with Gasteiger partial charge >= 0.3 is 6.09 Å². The summed E-state index contributed by atoms with van der Waals surface area (Å²) in [5, 5.41) is 19.6. The first-order valence-corrected chi connectivity index (χ1v) is 9.38. The Bertz CT molecular complexity index is 601. The number of nitrogens with zero attached hydrogens (tertiary/aromatic N) is 3. The van der Waals surface area contributed by atoms with Crippen LogP contribution in [0.2, 0.25) is 0 Å². The van der Waals surface area contributed by atoms with E-state index in [2.05, 4.69) is 11.0 Å². The van der Waals surface area contributed by atoms with Gasteiger partial charge in [0, 0.05) is 44.7 Å². The molecule has 1 saturated carbocycles. The second kappa shape index (κ2) is 6.29. The van der Waals surface area contributed by atoms with Crippen molar-refractivity contribution in [2.45, 2.75) is 50.7 Å². The van der Waals surface area contributed by atoms with Crippen LogP contribution in [0.25, 0.3) is 0 Å². The van der Waals surface area contributed by atoms with E-state index in [0.717, 1.165) is 57.4 Å². The van der Waals surface area contributed by atoms with E-state index >= 15 is 0 Å². The van der Waals surface area contributed by atoms with Crippen LogP contribution in [0.15, 0.2) is 11.8 Å². The molecule has 7 heteroatoms. The second-order valence-corrected chi connectivity index (χ2v) is 8.01. The number of rotatable bonds is 3. The van der Waals surface area contributed by atoms with E-state index in [-0.39, 0.29) is 36.4 Å².